The van der Waals surface area contributed by atoms with E-state index in [0.717, 1.165) is 0 Å². The number of hydrogen-bond donors (Lipinski definition) is 1. The molecule has 0 bridgehead atoms. The number of amides is 2. The van der Waals surface area contributed by atoms with Gasteiger partial charge in [0.15, 0.2) is 0 Å². The monoisotopic (exact) mass is 332 g/mol. The van der Waals surface area contributed by atoms with Gasteiger partial charge >= 0.3 is 0 Å². The lowest BCUT2D eigenvalue weighted by atomic mass is 10.2. The molecular formula is C19H16N4O2. The number of carbonyl (C=O) groups excluding carboxylic acids is 2. The Balaban J connectivity index is 2.06. The van der Waals surface area contributed by atoms with Crippen LogP contribution in [0.5, 0.6) is 0 Å². The summed E-state index contributed by atoms with van der Waals surface area (Å²) in [5, 5.41) is 20.7. The summed E-state index contributed by atoms with van der Waals surface area (Å²) in [6.45, 7) is 1.58. The molecule has 25 heavy (non-hydrogen) atoms. The number of nitrogens with one attached hydrogen (secondary N) is 1. The zero-order valence-corrected chi connectivity index (χ0v) is 13.7. The van der Waals surface area contributed by atoms with E-state index in [1.807, 2.05) is 12.1 Å². The number of carbonyl (C=O) groups is 2. The highest BCUT2D eigenvalue weighted by molar-refractivity contribution is 5.95. The molecule has 2 aromatic rings. The van der Waals surface area contributed by atoms with Crippen molar-refractivity contribution in [3.63, 3.8) is 0 Å². The Labute approximate surface area is 145 Å². The molecule has 0 saturated heterocycles. The van der Waals surface area contributed by atoms with Crippen LogP contribution < -0.4 is 10.2 Å². The van der Waals surface area contributed by atoms with Gasteiger partial charge in [-0.2, -0.15) is 10.5 Å². The van der Waals surface area contributed by atoms with E-state index < -0.39 is 0 Å². The van der Waals surface area contributed by atoms with Gasteiger partial charge in [0, 0.05) is 25.6 Å². The number of nitriles is 2. The van der Waals surface area contributed by atoms with E-state index in [1.54, 1.807) is 48.5 Å². The second-order valence-electron chi connectivity index (χ2n) is 5.29. The molecule has 0 unspecified atom stereocenters. The average Bonchev–Trinajstić information content (AvgIpc) is 2.62. The first kappa shape index (κ1) is 17.7. The van der Waals surface area contributed by atoms with Crippen LogP contribution in [0.2, 0.25) is 0 Å². The lowest BCUT2D eigenvalue weighted by Gasteiger charge is -2.21. The summed E-state index contributed by atoms with van der Waals surface area (Å²) in [7, 11) is 0. The van der Waals surface area contributed by atoms with Gasteiger partial charge in [-0.15, -0.1) is 0 Å². The molecule has 0 fully saturated rings. The molecule has 0 aromatic heterocycles. The highest BCUT2D eigenvalue weighted by atomic mass is 16.2. The van der Waals surface area contributed by atoms with Crippen LogP contribution in [0.3, 0.4) is 0 Å². The van der Waals surface area contributed by atoms with Gasteiger partial charge in [0.05, 0.1) is 22.9 Å². The van der Waals surface area contributed by atoms with Crippen LogP contribution in [0, 0.1) is 22.7 Å². The molecule has 2 rings (SSSR count). The largest absolute Gasteiger partial charge is 0.325 e. The van der Waals surface area contributed by atoms with Crippen molar-refractivity contribution in [1.82, 2.24) is 0 Å². The van der Waals surface area contributed by atoms with Gasteiger partial charge in [-0.1, -0.05) is 18.2 Å². The maximum absolute atomic E-state index is 12.2. The minimum Gasteiger partial charge on any atom is -0.325 e. The maximum atomic E-state index is 12.2. The molecule has 0 saturated carbocycles. The molecule has 2 amide bonds. The van der Waals surface area contributed by atoms with E-state index in [-0.39, 0.29) is 24.8 Å². The molecule has 0 spiro atoms. The zero-order valence-electron chi connectivity index (χ0n) is 13.7. The van der Waals surface area contributed by atoms with Crippen molar-refractivity contribution in [2.75, 3.05) is 16.8 Å². The van der Waals surface area contributed by atoms with Crippen LogP contribution in [0.15, 0.2) is 48.5 Å². The summed E-state index contributed by atoms with van der Waals surface area (Å²) < 4.78 is 0. The SMILES string of the molecule is CC(=O)N(CCC(=O)Nc1ccccc1C#N)c1cccc(C#N)c1. The molecule has 0 radical (unpaired) electrons. The van der Waals surface area contributed by atoms with E-state index in [4.69, 9.17) is 10.5 Å². The predicted octanol–water partition coefficient (Wildman–Crippen LogP) is 2.81. The Kier molecular flexibility index (Phi) is 5.86. The van der Waals surface area contributed by atoms with Crippen molar-refractivity contribution in [3.05, 3.63) is 59.7 Å². The maximum Gasteiger partial charge on any atom is 0.226 e. The van der Waals surface area contributed by atoms with Gasteiger partial charge < -0.3 is 10.2 Å². The van der Waals surface area contributed by atoms with Crippen molar-refractivity contribution in [1.29, 1.82) is 10.5 Å². The van der Waals surface area contributed by atoms with Crippen LogP contribution in [0.1, 0.15) is 24.5 Å². The quantitative estimate of drug-likeness (QED) is 0.910. The van der Waals surface area contributed by atoms with Crippen molar-refractivity contribution in [3.8, 4) is 12.1 Å². The minimum absolute atomic E-state index is 0.0656. The summed E-state index contributed by atoms with van der Waals surface area (Å²) in [5.41, 5.74) is 1.82. The van der Waals surface area contributed by atoms with Gasteiger partial charge in [-0.05, 0) is 30.3 Å². The lowest BCUT2D eigenvalue weighted by molar-refractivity contribution is -0.117. The van der Waals surface area contributed by atoms with E-state index >= 15 is 0 Å². The second-order valence-corrected chi connectivity index (χ2v) is 5.29. The Bertz CT molecular complexity index is 877. The van der Waals surface area contributed by atoms with Crippen LogP contribution in [0.25, 0.3) is 0 Å². The van der Waals surface area contributed by atoms with Gasteiger partial charge in [0.2, 0.25) is 11.8 Å². The minimum atomic E-state index is -0.301. The highest BCUT2D eigenvalue weighted by Crippen LogP contribution is 2.18. The Morgan fingerprint density at radius 1 is 1.08 bits per heavy atom. The van der Waals surface area contributed by atoms with E-state index in [1.165, 1.54) is 11.8 Å². The Morgan fingerprint density at radius 3 is 2.52 bits per heavy atom. The fraction of sp³-hybridized carbons (Fsp3) is 0.158. The molecule has 0 atom stereocenters. The van der Waals surface area contributed by atoms with Crippen molar-refractivity contribution >= 4 is 23.2 Å². The number of rotatable bonds is 5. The molecule has 0 heterocycles. The Hall–Kier alpha value is -3.64. The molecule has 0 aliphatic rings. The normalized spacial score (nSPS) is 9.56. The molecule has 6 nitrogen and oxygen atoms in total. The van der Waals surface area contributed by atoms with E-state index in [2.05, 4.69) is 5.32 Å². The van der Waals surface area contributed by atoms with Crippen LogP contribution >= 0.6 is 0 Å². The molecule has 124 valence electrons. The third kappa shape index (κ3) is 4.66. The fourth-order valence-electron chi connectivity index (χ4n) is 2.33. The summed E-state index contributed by atoms with van der Waals surface area (Å²) >= 11 is 0. The second kappa shape index (κ2) is 8.28. The van der Waals surface area contributed by atoms with E-state index in [9.17, 15) is 9.59 Å². The van der Waals surface area contributed by atoms with Crippen LogP contribution in [-0.4, -0.2) is 18.4 Å². The first-order chi connectivity index (χ1) is 12.0. The molecule has 2 aromatic carbocycles. The zero-order chi connectivity index (χ0) is 18.2. The van der Waals surface area contributed by atoms with Crippen molar-refractivity contribution < 1.29 is 9.59 Å². The Morgan fingerprint density at radius 2 is 1.84 bits per heavy atom. The van der Waals surface area contributed by atoms with Crippen molar-refractivity contribution in [2.45, 2.75) is 13.3 Å². The average molecular weight is 332 g/mol. The molecular weight excluding hydrogens is 316 g/mol. The molecule has 0 aliphatic heterocycles. The number of benzene rings is 2. The fourth-order valence-corrected chi connectivity index (χ4v) is 2.33. The lowest BCUT2D eigenvalue weighted by Crippen LogP contribution is -2.32. The van der Waals surface area contributed by atoms with Gasteiger partial charge in [0.1, 0.15) is 6.07 Å². The number of para-hydroxylation sites is 1. The summed E-state index contributed by atoms with van der Waals surface area (Å²) in [5.74, 6) is -0.522. The summed E-state index contributed by atoms with van der Waals surface area (Å²) in [6, 6.07) is 17.4. The first-order valence-electron chi connectivity index (χ1n) is 7.62. The number of nitrogens with zero attached hydrogens (tertiary/aromatic N) is 3. The van der Waals surface area contributed by atoms with Gasteiger partial charge in [-0.25, -0.2) is 0 Å². The molecule has 1 N–H and O–H groups in total. The van der Waals surface area contributed by atoms with Crippen LogP contribution in [-0.2, 0) is 9.59 Å². The number of hydrogen-bond acceptors (Lipinski definition) is 4. The van der Waals surface area contributed by atoms with Gasteiger partial charge in [-0.3, -0.25) is 9.59 Å². The smallest absolute Gasteiger partial charge is 0.226 e. The third-order valence-electron chi connectivity index (χ3n) is 3.55. The van der Waals surface area contributed by atoms with Crippen LogP contribution in [0.4, 0.5) is 11.4 Å². The van der Waals surface area contributed by atoms with Gasteiger partial charge in [0.25, 0.3) is 0 Å². The topological polar surface area (TPSA) is 97.0 Å². The first-order valence-corrected chi connectivity index (χ1v) is 7.62. The van der Waals surface area contributed by atoms with E-state index in [0.29, 0.717) is 22.5 Å². The van der Waals surface area contributed by atoms with Crippen molar-refractivity contribution in [2.24, 2.45) is 0 Å². The molecule has 0 aliphatic carbocycles. The summed E-state index contributed by atoms with van der Waals surface area (Å²) in [6.07, 6.45) is 0.0656. The standard InChI is InChI=1S/C19H16N4O2/c1-14(24)23(17-7-4-5-15(11-17)12-20)10-9-19(25)22-18-8-3-2-6-16(18)13-21/h2-8,11H,9-10H2,1H3,(H,22,25). The predicted molar refractivity (Wildman–Crippen MR) is 93.6 cm³/mol. The summed E-state index contributed by atoms with van der Waals surface area (Å²) in [4.78, 5) is 25.5. The highest BCUT2D eigenvalue weighted by Gasteiger charge is 2.14. The number of anilines is 2. The molecule has 6 heteroatoms. The third-order valence-corrected chi connectivity index (χ3v) is 3.55.